The van der Waals surface area contributed by atoms with Crippen molar-refractivity contribution in [2.75, 3.05) is 13.1 Å². The Hall–Kier alpha value is -1.51. The van der Waals surface area contributed by atoms with Crippen molar-refractivity contribution in [1.29, 1.82) is 0 Å². The second kappa shape index (κ2) is 6.29. The second-order valence-electron chi connectivity index (χ2n) is 6.50. The number of ether oxygens (including phenoxy) is 1. The van der Waals surface area contributed by atoms with Crippen LogP contribution in [0.15, 0.2) is 36.0 Å². The van der Waals surface area contributed by atoms with Crippen molar-refractivity contribution in [3.8, 4) is 0 Å². The number of nitrogens with zero attached hydrogens (tertiary/aromatic N) is 1. The molecule has 1 saturated heterocycles. The minimum Gasteiger partial charge on any atom is -0.444 e. The number of carbonyl (C=O) groups excluding carboxylic acids is 1. The predicted octanol–water partition coefficient (Wildman–Crippen LogP) is 4.08. The van der Waals surface area contributed by atoms with Crippen LogP contribution in [0.4, 0.5) is 4.79 Å². The van der Waals surface area contributed by atoms with E-state index in [0.717, 1.165) is 32.4 Å². The SMILES string of the molecule is CC(C)(C)OC(=O)N1CCC(=CC2C=CC=CC2)CC1. The molecule has 110 valence electrons. The van der Waals surface area contributed by atoms with Crippen molar-refractivity contribution in [1.82, 2.24) is 4.90 Å². The third-order valence-electron chi connectivity index (χ3n) is 3.52. The molecule has 1 aliphatic carbocycles. The van der Waals surface area contributed by atoms with E-state index >= 15 is 0 Å². The van der Waals surface area contributed by atoms with Gasteiger partial charge < -0.3 is 9.64 Å². The number of likely N-dealkylation sites (tertiary alicyclic amines) is 1. The molecule has 2 rings (SSSR count). The summed E-state index contributed by atoms with van der Waals surface area (Å²) in [5.74, 6) is 0.531. The minimum atomic E-state index is -0.410. The predicted molar refractivity (Wildman–Crippen MR) is 81.5 cm³/mol. The zero-order valence-electron chi connectivity index (χ0n) is 12.8. The highest BCUT2D eigenvalue weighted by atomic mass is 16.6. The number of piperidine rings is 1. The van der Waals surface area contributed by atoms with Crippen molar-refractivity contribution in [3.05, 3.63) is 36.0 Å². The highest BCUT2D eigenvalue weighted by Gasteiger charge is 2.24. The van der Waals surface area contributed by atoms with E-state index in [1.807, 2.05) is 25.7 Å². The Labute approximate surface area is 122 Å². The Bertz CT molecular complexity index is 430. The molecule has 0 radical (unpaired) electrons. The highest BCUT2D eigenvalue weighted by Crippen LogP contribution is 2.23. The topological polar surface area (TPSA) is 29.5 Å². The lowest BCUT2D eigenvalue weighted by molar-refractivity contribution is 0.0236. The molecule has 1 heterocycles. The summed E-state index contributed by atoms with van der Waals surface area (Å²) < 4.78 is 5.41. The number of allylic oxidation sites excluding steroid dienone is 5. The van der Waals surface area contributed by atoms with Gasteiger partial charge in [0.1, 0.15) is 5.60 Å². The maximum absolute atomic E-state index is 12.0. The third-order valence-corrected chi connectivity index (χ3v) is 3.52. The molecule has 3 nitrogen and oxygen atoms in total. The van der Waals surface area contributed by atoms with Crippen molar-refractivity contribution < 1.29 is 9.53 Å². The van der Waals surface area contributed by atoms with Crippen LogP contribution in [0.1, 0.15) is 40.0 Å². The summed E-state index contributed by atoms with van der Waals surface area (Å²) in [6.07, 6.45) is 13.9. The lowest BCUT2D eigenvalue weighted by Crippen LogP contribution is -2.40. The van der Waals surface area contributed by atoms with Gasteiger partial charge in [0, 0.05) is 13.1 Å². The van der Waals surface area contributed by atoms with Crippen LogP contribution in [0.25, 0.3) is 0 Å². The van der Waals surface area contributed by atoms with Gasteiger partial charge >= 0.3 is 6.09 Å². The Morgan fingerprint density at radius 2 is 2.00 bits per heavy atom. The van der Waals surface area contributed by atoms with E-state index in [1.165, 1.54) is 5.57 Å². The average Bonchev–Trinajstić information content (AvgIpc) is 2.39. The largest absolute Gasteiger partial charge is 0.444 e. The van der Waals surface area contributed by atoms with E-state index in [0.29, 0.717) is 5.92 Å². The number of carbonyl (C=O) groups is 1. The maximum Gasteiger partial charge on any atom is 0.410 e. The number of amides is 1. The van der Waals surface area contributed by atoms with Gasteiger partial charge in [-0.3, -0.25) is 0 Å². The molecule has 1 amide bonds. The van der Waals surface area contributed by atoms with E-state index < -0.39 is 5.60 Å². The molecule has 0 aromatic rings. The summed E-state index contributed by atoms with van der Waals surface area (Å²) in [7, 11) is 0. The summed E-state index contributed by atoms with van der Waals surface area (Å²) in [4.78, 5) is 13.8. The molecule has 1 atom stereocenters. The molecular weight excluding hydrogens is 250 g/mol. The second-order valence-corrected chi connectivity index (χ2v) is 6.50. The van der Waals surface area contributed by atoms with E-state index in [-0.39, 0.29) is 6.09 Å². The molecule has 2 aliphatic rings. The average molecular weight is 275 g/mol. The minimum absolute atomic E-state index is 0.183. The van der Waals surface area contributed by atoms with Gasteiger partial charge in [-0.2, -0.15) is 0 Å². The quantitative estimate of drug-likeness (QED) is 0.675. The lowest BCUT2D eigenvalue weighted by atomic mass is 9.94. The number of hydrogen-bond donors (Lipinski definition) is 0. The molecular formula is C17H25NO2. The summed E-state index contributed by atoms with van der Waals surface area (Å²) in [5, 5.41) is 0. The normalized spacial score (nSPS) is 22.9. The van der Waals surface area contributed by atoms with Crippen molar-refractivity contribution in [3.63, 3.8) is 0 Å². The third kappa shape index (κ3) is 4.55. The van der Waals surface area contributed by atoms with Crippen LogP contribution in [-0.2, 0) is 4.74 Å². The molecule has 1 fully saturated rings. The fraction of sp³-hybridized carbons (Fsp3) is 0.588. The van der Waals surface area contributed by atoms with Gasteiger partial charge in [0.05, 0.1) is 0 Å². The molecule has 0 aromatic heterocycles. The van der Waals surface area contributed by atoms with Crippen LogP contribution >= 0.6 is 0 Å². The lowest BCUT2D eigenvalue weighted by Gasteiger charge is -2.31. The molecule has 1 aliphatic heterocycles. The Balaban J connectivity index is 1.83. The van der Waals surface area contributed by atoms with Crippen LogP contribution in [0.3, 0.4) is 0 Å². The maximum atomic E-state index is 12.0. The zero-order chi connectivity index (χ0) is 14.6. The first-order chi connectivity index (χ1) is 9.44. The first-order valence-corrected chi connectivity index (χ1v) is 7.45. The smallest absolute Gasteiger partial charge is 0.410 e. The first kappa shape index (κ1) is 14.9. The monoisotopic (exact) mass is 275 g/mol. The van der Waals surface area contributed by atoms with E-state index in [4.69, 9.17) is 4.74 Å². The van der Waals surface area contributed by atoms with E-state index in [1.54, 1.807) is 0 Å². The van der Waals surface area contributed by atoms with Gasteiger partial charge in [0.2, 0.25) is 0 Å². The van der Waals surface area contributed by atoms with Crippen LogP contribution in [0.5, 0.6) is 0 Å². The first-order valence-electron chi connectivity index (χ1n) is 7.45. The van der Waals surface area contributed by atoms with Gasteiger partial charge in [0.15, 0.2) is 0 Å². The van der Waals surface area contributed by atoms with Crippen molar-refractivity contribution in [2.45, 2.75) is 45.6 Å². The number of hydrogen-bond acceptors (Lipinski definition) is 2. The van der Waals surface area contributed by atoms with Gasteiger partial charge in [0.25, 0.3) is 0 Å². The fourth-order valence-corrected chi connectivity index (χ4v) is 2.50. The van der Waals surface area contributed by atoms with Crippen LogP contribution in [0.2, 0.25) is 0 Å². The number of rotatable bonds is 1. The van der Waals surface area contributed by atoms with Crippen molar-refractivity contribution in [2.24, 2.45) is 5.92 Å². The molecule has 0 N–H and O–H groups in total. The Kier molecular flexibility index (Phi) is 4.69. The fourth-order valence-electron chi connectivity index (χ4n) is 2.50. The molecule has 0 spiro atoms. The van der Waals surface area contributed by atoms with Gasteiger partial charge in [-0.05, 0) is 46.0 Å². The Morgan fingerprint density at radius 1 is 1.30 bits per heavy atom. The van der Waals surface area contributed by atoms with Crippen LogP contribution in [0, 0.1) is 5.92 Å². The molecule has 1 unspecified atom stereocenters. The highest BCUT2D eigenvalue weighted by molar-refractivity contribution is 5.68. The van der Waals surface area contributed by atoms with Gasteiger partial charge in [-0.15, -0.1) is 0 Å². The van der Waals surface area contributed by atoms with Gasteiger partial charge in [-0.1, -0.05) is 36.0 Å². The molecule has 3 heteroatoms. The Morgan fingerprint density at radius 3 is 2.55 bits per heavy atom. The summed E-state index contributed by atoms with van der Waals surface area (Å²) in [5.41, 5.74) is 1.06. The molecule has 20 heavy (non-hydrogen) atoms. The summed E-state index contributed by atoms with van der Waals surface area (Å²) in [6.45, 7) is 7.26. The molecule has 0 saturated carbocycles. The standard InChI is InChI=1S/C17H25NO2/c1-17(2,3)20-16(19)18-11-9-15(10-12-18)13-14-7-5-4-6-8-14/h4-7,13-14H,8-12H2,1-3H3. The zero-order valence-corrected chi connectivity index (χ0v) is 12.8. The van der Waals surface area contributed by atoms with E-state index in [9.17, 15) is 4.79 Å². The van der Waals surface area contributed by atoms with E-state index in [2.05, 4.69) is 30.4 Å². The van der Waals surface area contributed by atoms with Gasteiger partial charge in [-0.25, -0.2) is 4.79 Å². The summed E-state index contributed by atoms with van der Waals surface area (Å²) >= 11 is 0. The molecule has 0 aromatic carbocycles. The van der Waals surface area contributed by atoms with Crippen LogP contribution in [-0.4, -0.2) is 29.7 Å². The summed E-state index contributed by atoms with van der Waals surface area (Å²) in [6, 6.07) is 0. The van der Waals surface area contributed by atoms with Crippen LogP contribution < -0.4 is 0 Å². The van der Waals surface area contributed by atoms with Crippen molar-refractivity contribution >= 4 is 6.09 Å². The molecule has 0 bridgehead atoms.